The Balaban J connectivity index is 1.29. The molecule has 7 nitrogen and oxygen atoms in total. The summed E-state index contributed by atoms with van der Waals surface area (Å²) < 4.78 is 5.48. The number of hydrogen-bond acceptors (Lipinski definition) is 6. The van der Waals surface area contributed by atoms with Gasteiger partial charge < -0.3 is 24.9 Å². The molecule has 8 heteroatoms. The number of ether oxygens (including phenoxy) is 1. The monoisotopic (exact) mass is 471 g/mol. The minimum atomic E-state index is -0.0780. The van der Waals surface area contributed by atoms with E-state index in [1.807, 2.05) is 6.20 Å². The average molecular weight is 472 g/mol. The molecule has 0 unspecified atom stereocenters. The van der Waals surface area contributed by atoms with Gasteiger partial charge in [-0.1, -0.05) is 30.0 Å². The fraction of sp³-hybridized carbons (Fsp3) is 0.231. The van der Waals surface area contributed by atoms with Crippen LogP contribution in [0.2, 0.25) is 0 Å². The molecule has 0 spiro atoms. The van der Waals surface area contributed by atoms with E-state index in [0.717, 1.165) is 47.8 Å². The normalized spacial score (nSPS) is 15.0. The van der Waals surface area contributed by atoms with Crippen LogP contribution in [0.1, 0.15) is 16.8 Å². The zero-order valence-electron chi connectivity index (χ0n) is 18.6. The molecule has 2 aliphatic heterocycles. The summed E-state index contributed by atoms with van der Waals surface area (Å²) in [6.45, 7) is 3.69. The van der Waals surface area contributed by atoms with Gasteiger partial charge in [0.15, 0.2) is 0 Å². The Morgan fingerprint density at radius 3 is 2.85 bits per heavy atom. The first kappa shape index (κ1) is 21.1. The van der Waals surface area contributed by atoms with Gasteiger partial charge in [-0.3, -0.25) is 4.79 Å². The van der Waals surface area contributed by atoms with Crippen LogP contribution in [0.5, 0.6) is 0 Å². The van der Waals surface area contributed by atoms with Crippen molar-refractivity contribution in [3.05, 3.63) is 88.2 Å². The van der Waals surface area contributed by atoms with Gasteiger partial charge in [0.05, 0.1) is 37.5 Å². The number of anilines is 2. The Morgan fingerprint density at radius 2 is 2.00 bits per heavy atom. The van der Waals surface area contributed by atoms with Crippen molar-refractivity contribution in [1.29, 1.82) is 0 Å². The number of aromatic nitrogens is 3. The topological polar surface area (TPSA) is 86.0 Å². The van der Waals surface area contributed by atoms with Crippen LogP contribution in [0.15, 0.2) is 75.6 Å². The summed E-state index contributed by atoms with van der Waals surface area (Å²) in [6.07, 6.45) is 4.38. The molecular weight excluding hydrogens is 446 g/mol. The predicted octanol–water partition coefficient (Wildman–Crippen LogP) is 4.27. The molecule has 6 rings (SSSR count). The van der Waals surface area contributed by atoms with Gasteiger partial charge in [-0.25, -0.2) is 4.98 Å². The zero-order valence-corrected chi connectivity index (χ0v) is 19.5. The molecule has 2 aromatic carbocycles. The molecule has 0 saturated carbocycles. The first-order chi connectivity index (χ1) is 16.7. The summed E-state index contributed by atoms with van der Waals surface area (Å²) in [7, 11) is 0. The van der Waals surface area contributed by atoms with E-state index >= 15 is 0 Å². The second-order valence-electron chi connectivity index (χ2n) is 8.54. The Kier molecular flexibility index (Phi) is 5.60. The molecular formula is C26H25N5O2S. The SMILES string of the molecule is O=c1cc(N2CCOCC2)cc(-c2cccc3c2Sc2ccc(NCc4cnc[nH]4)cc2C3)[nH]1. The number of pyridine rings is 1. The fourth-order valence-corrected chi connectivity index (χ4v) is 5.73. The number of H-pyrrole nitrogens is 2. The van der Waals surface area contributed by atoms with Gasteiger partial charge >= 0.3 is 0 Å². The van der Waals surface area contributed by atoms with Crippen LogP contribution in [0.4, 0.5) is 11.4 Å². The van der Waals surface area contributed by atoms with Gasteiger partial charge in [0, 0.05) is 52.1 Å². The first-order valence-electron chi connectivity index (χ1n) is 11.4. The third kappa shape index (κ3) is 4.22. The van der Waals surface area contributed by atoms with E-state index in [1.165, 1.54) is 20.9 Å². The van der Waals surface area contributed by atoms with E-state index in [9.17, 15) is 4.79 Å². The number of fused-ring (bicyclic) bond motifs is 2. The van der Waals surface area contributed by atoms with Gasteiger partial charge in [0.1, 0.15) is 0 Å². The van der Waals surface area contributed by atoms with E-state index in [0.29, 0.717) is 19.8 Å². The van der Waals surface area contributed by atoms with Gasteiger partial charge in [0.25, 0.3) is 0 Å². The molecule has 0 aliphatic carbocycles. The Bertz CT molecular complexity index is 1380. The van der Waals surface area contributed by atoms with Crippen LogP contribution in [-0.2, 0) is 17.7 Å². The molecule has 0 amide bonds. The van der Waals surface area contributed by atoms with Crippen LogP contribution in [0.25, 0.3) is 11.3 Å². The van der Waals surface area contributed by atoms with Crippen molar-refractivity contribution in [2.24, 2.45) is 0 Å². The van der Waals surface area contributed by atoms with Crippen LogP contribution in [0.3, 0.4) is 0 Å². The highest BCUT2D eigenvalue weighted by Crippen LogP contribution is 2.45. The summed E-state index contributed by atoms with van der Waals surface area (Å²) in [6, 6.07) is 16.7. The smallest absolute Gasteiger partial charge is 0.250 e. The molecule has 2 aromatic heterocycles. The fourth-order valence-electron chi connectivity index (χ4n) is 4.56. The number of hydrogen-bond donors (Lipinski definition) is 3. The van der Waals surface area contributed by atoms with Crippen LogP contribution in [-0.4, -0.2) is 41.3 Å². The lowest BCUT2D eigenvalue weighted by molar-refractivity contribution is 0.122. The third-order valence-electron chi connectivity index (χ3n) is 6.28. The number of morpholine rings is 1. The van der Waals surface area contributed by atoms with Crippen LogP contribution in [0, 0.1) is 0 Å². The van der Waals surface area contributed by atoms with Crippen molar-refractivity contribution in [2.45, 2.75) is 22.8 Å². The molecule has 4 aromatic rings. The zero-order chi connectivity index (χ0) is 22.9. The standard InChI is InChI=1S/C26H25N5O2S/c32-25-13-21(31-6-8-33-9-7-31)12-23(30-25)22-3-1-2-17-10-18-11-19(4-5-24(18)34-26(17)22)28-15-20-14-27-16-29-20/h1-5,11-14,16,28H,6-10,15H2,(H,27,29)(H,30,32). The van der Waals surface area contributed by atoms with Crippen molar-refractivity contribution in [3.63, 3.8) is 0 Å². The molecule has 0 bridgehead atoms. The lowest BCUT2D eigenvalue weighted by atomic mass is 9.99. The van der Waals surface area contributed by atoms with Gasteiger partial charge in [-0.2, -0.15) is 0 Å². The number of aromatic amines is 2. The van der Waals surface area contributed by atoms with Crippen LogP contribution < -0.4 is 15.8 Å². The molecule has 172 valence electrons. The second kappa shape index (κ2) is 9.04. The molecule has 0 atom stereocenters. The van der Waals surface area contributed by atoms with Crippen molar-refractivity contribution in [1.82, 2.24) is 15.0 Å². The molecule has 1 fully saturated rings. The Labute approximate surface area is 201 Å². The minimum Gasteiger partial charge on any atom is -0.379 e. The average Bonchev–Trinajstić information content (AvgIpc) is 3.40. The van der Waals surface area contributed by atoms with Crippen molar-refractivity contribution < 1.29 is 4.74 Å². The highest BCUT2D eigenvalue weighted by molar-refractivity contribution is 7.99. The number of nitrogens with zero attached hydrogens (tertiary/aromatic N) is 2. The summed E-state index contributed by atoms with van der Waals surface area (Å²) >= 11 is 1.78. The van der Waals surface area contributed by atoms with Gasteiger partial charge in [-0.15, -0.1) is 0 Å². The van der Waals surface area contributed by atoms with Gasteiger partial charge in [0.2, 0.25) is 5.56 Å². The maximum atomic E-state index is 12.5. The number of rotatable bonds is 5. The van der Waals surface area contributed by atoms with Gasteiger partial charge in [-0.05, 0) is 41.8 Å². The van der Waals surface area contributed by atoms with Crippen molar-refractivity contribution in [2.75, 3.05) is 36.5 Å². The van der Waals surface area contributed by atoms with Crippen LogP contribution >= 0.6 is 11.8 Å². The minimum absolute atomic E-state index is 0.0780. The summed E-state index contributed by atoms with van der Waals surface area (Å²) in [4.78, 5) is 27.5. The lowest BCUT2D eigenvalue weighted by Crippen LogP contribution is -2.36. The summed E-state index contributed by atoms with van der Waals surface area (Å²) in [5.41, 5.74) is 7.53. The van der Waals surface area contributed by atoms with Crippen molar-refractivity contribution >= 4 is 23.1 Å². The van der Waals surface area contributed by atoms with E-state index in [-0.39, 0.29) is 5.56 Å². The highest BCUT2D eigenvalue weighted by atomic mass is 32.2. The quantitative estimate of drug-likeness (QED) is 0.355. The lowest BCUT2D eigenvalue weighted by Gasteiger charge is -2.29. The molecule has 0 radical (unpaired) electrons. The first-order valence-corrected chi connectivity index (χ1v) is 12.3. The highest BCUT2D eigenvalue weighted by Gasteiger charge is 2.21. The van der Waals surface area contributed by atoms with E-state index < -0.39 is 0 Å². The largest absolute Gasteiger partial charge is 0.379 e. The van der Waals surface area contributed by atoms with Crippen molar-refractivity contribution in [3.8, 4) is 11.3 Å². The Hall–Kier alpha value is -3.49. The number of imidazole rings is 1. The number of benzene rings is 2. The maximum Gasteiger partial charge on any atom is 0.250 e. The number of nitrogens with one attached hydrogen (secondary N) is 3. The Morgan fingerprint density at radius 1 is 1.09 bits per heavy atom. The summed E-state index contributed by atoms with van der Waals surface area (Å²) in [5, 5.41) is 3.47. The molecule has 3 N–H and O–H groups in total. The summed E-state index contributed by atoms with van der Waals surface area (Å²) in [5.74, 6) is 0. The molecule has 34 heavy (non-hydrogen) atoms. The molecule has 4 heterocycles. The maximum absolute atomic E-state index is 12.5. The van der Waals surface area contributed by atoms with E-state index in [4.69, 9.17) is 4.74 Å². The second-order valence-corrected chi connectivity index (χ2v) is 9.59. The molecule has 1 saturated heterocycles. The molecule has 2 aliphatic rings. The van der Waals surface area contributed by atoms with E-state index in [1.54, 1.807) is 24.2 Å². The predicted molar refractivity (Wildman–Crippen MR) is 135 cm³/mol. The third-order valence-corrected chi connectivity index (χ3v) is 7.59. The van der Waals surface area contributed by atoms with E-state index in [2.05, 4.69) is 67.6 Å².